The molecule has 3 aromatic rings. The third-order valence-electron chi connectivity index (χ3n) is 5.07. The number of benzene rings is 2. The Kier molecular flexibility index (Phi) is 4.48. The molecule has 1 N–H and O–H groups in total. The monoisotopic (exact) mass is 368 g/mol. The van der Waals surface area contributed by atoms with E-state index >= 15 is 0 Å². The lowest BCUT2D eigenvalue weighted by Gasteiger charge is -2.36. The number of amides is 1. The molecule has 2 heterocycles. The second-order valence-corrected chi connectivity index (χ2v) is 6.77. The number of likely N-dealkylation sites (tertiary alicyclic amines) is 1. The molecule has 27 heavy (non-hydrogen) atoms. The SMILES string of the molecule is O=C(c1cc(=O)[nH]c2ccccc12)N1CCCCC1c1ccc(F)cc1F. The lowest BCUT2D eigenvalue weighted by molar-refractivity contribution is 0.0609. The van der Waals surface area contributed by atoms with Gasteiger partial charge in [0, 0.05) is 35.1 Å². The minimum Gasteiger partial charge on any atom is -0.331 e. The highest BCUT2D eigenvalue weighted by atomic mass is 19.1. The van der Waals surface area contributed by atoms with Gasteiger partial charge in [-0.3, -0.25) is 9.59 Å². The summed E-state index contributed by atoms with van der Waals surface area (Å²) < 4.78 is 27.7. The Hall–Kier alpha value is -3.02. The van der Waals surface area contributed by atoms with Crippen molar-refractivity contribution in [3.8, 4) is 0 Å². The number of H-pyrrole nitrogens is 1. The van der Waals surface area contributed by atoms with E-state index in [0.29, 0.717) is 35.0 Å². The standard InChI is InChI=1S/C21H18F2N2O2/c22-13-8-9-15(17(23)11-13)19-7-3-4-10-25(19)21(27)16-12-20(26)24-18-6-2-1-5-14(16)18/h1-2,5-6,8-9,11-12,19H,3-4,7,10H2,(H,24,26). The first-order chi connectivity index (χ1) is 13.0. The van der Waals surface area contributed by atoms with E-state index in [2.05, 4.69) is 4.98 Å². The third kappa shape index (κ3) is 3.23. The minimum absolute atomic E-state index is 0.295. The number of carbonyl (C=O) groups excluding carboxylic acids is 1. The Morgan fingerprint density at radius 2 is 1.89 bits per heavy atom. The summed E-state index contributed by atoms with van der Waals surface area (Å²) in [5.74, 6) is -1.62. The fourth-order valence-electron chi connectivity index (χ4n) is 3.81. The summed E-state index contributed by atoms with van der Waals surface area (Å²) >= 11 is 0. The Bertz CT molecular complexity index is 1080. The van der Waals surface area contributed by atoms with Crippen molar-refractivity contribution >= 4 is 16.8 Å². The van der Waals surface area contributed by atoms with Crippen LogP contribution in [0.15, 0.2) is 53.3 Å². The minimum atomic E-state index is -0.657. The molecule has 0 saturated carbocycles. The van der Waals surface area contributed by atoms with Crippen molar-refractivity contribution in [1.29, 1.82) is 0 Å². The van der Waals surface area contributed by atoms with E-state index in [9.17, 15) is 18.4 Å². The van der Waals surface area contributed by atoms with Crippen molar-refractivity contribution in [3.63, 3.8) is 0 Å². The van der Waals surface area contributed by atoms with Gasteiger partial charge in [0.15, 0.2) is 0 Å². The van der Waals surface area contributed by atoms with Crippen LogP contribution in [0.3, 0.4) is 0 Å². The van der Waals surface area contributed by atoms with Crippen LogP contribution < -0.4 is 5.56 Å². The van der Waals surface area contributed by atoms with Crippen LogP contribution in [0.1, 0.15) is 41.2 Å². The van der Waals surface area contributed by atoms with Gasteiger partial charge in [-0.2, -0.15) is 0 Å². The van der Waals surface area contributed by atoms with Crippen LogP contribution in [-0.2, 0) is 0 Å². The number of para-hydroxylation sites is 1. The van der Waals surface area contributed by atoms with E-state index < -0.39 is 17.7 Å². The average molecular weight is 368 g/mol. The van der Waals surface area contributed by atoms with E-state index in [1.807, 2.05) is 0 Å². The smallest absolute Gasteiger partial charge is 0.255 e. The quantitative estimate of drug-likeness (QED) is 0.738. The largest absolute Gasteiger partial charge is 0.331 e. The summed E-state index contributed by atoms with van der Waals surface area (Å²) in [6.07, 6.45) is 2.24. The van der Waals surface area contributed by atoms with Gasteiger partial charge in [-0.1, -0.05) is 24.3 Å². The molecule has 1 saturated heterocycles. The van der Waals surface area contributed by atoms with Crippen molar-refractivity contribution in [2.24, 2.45) is 0 Å². The number of nitrogens with one attached hydrogen (secondary N) is 1. The number of nitrogens with zero attached hydrogens (tertiary/aromatic N) is 1. The number of hydrogen-bond donors (Lipinski definition) is 1. The fraction of sp³-hybridized carbons (Fsp3) is 0.238. The molecular weight excluding hydrogens is 350 g/mol. The number of pyridine rings is 1. The molecule has 0 bridgehead atoms. The van der Waals surface area contributed by atoms with Gasteiger partial charge in [0.2, 0.25) is 5.56 Å². The van der Waals surface area contributed by atoms with Crippen molar-refractivity contribution in [1.82, 2.24) is 9.88 Å². The van der Waals surface area contributed by atoms with Crippen LogP contribution in [0.5, 0.6) is 0 Å². The highest BCUT2D eigenvalue weighted by molar-refractivity contribution is 6.06. The molecule has 1 aliphatic heterocycles. The summed E-state index contributed by atoms with van der Waals surface area (Å²) in [5.41, 5.74) is 0.816. The highest BCUT2D eigenvalue weighted by Gasteiger charge is 2.31. The zero-order chi connectivity index (χ0) is 19.0. The van der Waals surface area contributed by atoms with Crippen LogP contribution in [-0.4, -0.2) is 22.3 Å². The van der Waals surface area contributed by atoms with Gasteiger partial charge in [0.1, 0.15) is 11.6 Å². The molecule has 0 radical (unpaired) electrons. The molecule has 1 atom stereocenters. The first kappa shape index (κ1) is 17.4. The number of rotatable bonds is 2. The van der Waals surface area contributed by atoms with Crippen molar-refractivity contribution in [2.45, 2.75) is 25.3 Å². The van der Waals surface area contributed by atoms with Crippen molar-refractivity contribution < 1.29 is 13.6 Å². The lowest BCUT2D eigenvalue weighted by atomic mass is 9.93. The number of hydrogen-bond acceptors (Lipinski definition) is 2. The number of aromatic nitrogens is 1. The van der Waals surface area contributed by atoms with Crippen LogP contribution in [0.25, 0.3) is 10.9 Å². The fourth-order valence-corrected chi connectivity index (χ4v) is 3.81. The molecule has 6 heteroatoms. The predicted octanol–water partition coefficient (Wildman–Crippen LogP) is 4.17. The number of piperidine rings is 1. The van der Waals surface area contributed by atoms with Crippen LogP contribution in [0, 0.1) is 11.6 Å². The second-order valence-electron chi connectivity index (χ2n) is 6.77. The summed E-state index contributed by atoms with van der Waals surface area (Å²) in [5, 5.41) is 0.644. The van der Waals surface area contributed by atoms with Crippen LogP contribution in [0.2, 0.25) is 0 Å². The molecule has 138 valence electrons. The van der Waals surface area contributed by atoms with E-state index in [0.717, 1.165) is 18.9 Å². The van der Waals surface area contributed by atoms with Gasteiger partial charge in [-0.25, -0.2) is 8.78 Å². The lowest BCUT2D eigenvalue weighted by Crippen LogP contribution is -2.39. The topological polar surface area (TPSA) is 53.2 Å². The molecule has 2 aromatic carbocycles. The van der Waals surface area contributed by atoms with Gasteiger partial charge < -0.3 is 9.88 Å². The molecule has 1 unspecified atom stereocenters. The third-order valence-corrected chi connectivity index (χ3v) is 5.07. The van der Waals surface area contributed by atoms with Crippen LogP contribution in [0.4, 0.5) is 8.78 Å². The molecular formula is C21H18F2N2O2. The van der Waals surface area contributed by atoms with Gasteiger partial charge >= 0.3 is 0 Å². The summed E-state index contributed by atoms with van der Waals surface area (Å²) in [6.45, 7) is 0.460. The number of halogens is 2. The summed E-state index contributed by atoms with van der Waals surface area (Å²) in [6, 6.07) is 11.3. The molecule has 1 fully saturated rings. The van der Waals surface area contributed by atoms with Gasteiger partial charge in [-0.05, 0) is 31.4 Å². The maximum absolute atomic E-state index is 14.4. The van der Waals surface area contributed by atoms with E-state index in [1.165, 1.54) is 18.2 Å². The van der Waals surface area contributed by atoms with Crippen molar-refractivity contribution in [2.75, 3.05) is 6.54 Å². The summed E-state index contributed by atoms with van der Waals surface area (Å²) in [7, 11) is 0. The Balaban J connectivity index is 1.79. The Labute approximate surface area is 154 Å². The first-order valence-corrected chi connectivity index (χ1v) is 8.92. The molecule has 1 amide bonds. The zero-order valence-electron chi connectivity index (χ0n) is 14.5. The maximum Gasteiger partial charge on any atom is 0.255 e. The first-order valence-electron chi connectivity index (χ1n) is 8.92. The molecule has 4 rings (SSSR count). The Morgan fingerprint density at radius 1 is 1.07 bits per heavy atom. The number of aromatic amines is 1. The zero-order valence-corrected chi connectivity index (χ0v) is 14.5. The molecule has 0 aliphatic carbocycles. The maximum atomic E-state index is 14.4. The van der Waals surface area contributed by atoms with Gasteiger partial charge in [0.05, 0.1) is 11.6 Å². The van der Waals surface area contributed by atoms with E-state index in [4.69, 9.17) is 0 Å². The second kappa shape index (κ2) is 6.95. The van der Waals surface area contributed by atoms with Crippen LogP contribution >= 0.6 is 0 Å². The predicted molar refractivity (Wildman–Crippen MR) is 98.6 cm³/mol. The Morgan fingerprint density at radius 3 is 2.70 bits per heavy atom. The normalized spacial score (nSPS) is 17.3. The van der Waals surface area contributed by atoms with Gasteiger partial charge in [-0.15, -0.1) is 0 Å². The number of carbonyl (C=O) groups is 1. The van der Waals surface area contributed by atoms with Crippen molar-refractivity contribution in [3.05, 3.63) is 81.6 Å². The summed E-state index contributed by atoms with van der Waals surface area (Å²) in [4.78, 5) is 29.6. The van der Waals surface area contributed by atoms with E-state index in [-0.39, 0.29) is 11.5 Å². The van der Waals surface area contributed by atoms with E-state index in [1.54, 1.807) is 29.2 Å². The molecule has 1 aromatic heterocycles. The van der Waals surface area contributed by atoms with Gasteiger partial charge in [0.25, 0.3) is 5.91 Å². The number of fused-ring (bicyclic) bond motifs is 1. The molecule has 4 nitrogen and oxygen atoms in total. The average Bonchev–Trinajstić information content (AvgIpc) is 2.67. The molecule has 1 aliphatic rings. The highest BCUT2D eigenvalue weighted by Crippen LogP contribution is 2.34. The molecule has 0 spiro atoms.